The number of rotatable bonds is 3. The van der Waals surface area contributed by atoms with Gasteiger partial charge in [0.05, 0.1) is 10.9 Å². The number of aryl methyl sites for hydroxylation is 1. The predicted molar refractivity (Wildman–Crippen MR) is 91.2 cm³/mol. The molecule has 3 rings (SSSR count). The Bertz CT molecular complexity index is 832. The molecule has 3 aromatic rings. The smallest absolute Gasteiger partial charge is 0.200 e. The molecule has 1 aromatic heterocycles. The first-order valence-electron chi connectivity index (χ1n) is 7.05. The van der Waals surface area contributed by atoms with E-state index in [0.29, 0.717) is 25.1 Å². The number of benzene rings is 2. The first-order valence-corrected chi connectivity index (χ1v) is 8.55. The van der Waals surface area contributed by atoms with Crippen molar-refractivity contribution in [2.45, 2.75) is 13.3 Å². The first-order chi connectivity index (χ1) is 10.2. The van der Waals surface area contributed by atoms with Crippen LogP contribution in [0.2, 0.25) is 0 Å². The van der Waals surface area contributed by atoms with E-state index in [2.05, 4.69) is 25.7 Å². The Balaban J connectivity index is 2.15. The molecule has 2 nitrogen and oxygen atoms in total. The molecule has 0 aliphatic carbocycles. The molecule has 21 heavy (non-hydrogen) atoms. The van der Waals surface area contributed by atoms with E-state index >= 15 is 0 Å². The lowest BCUT2D eigenvalue weighted by Crippen LogP contribution is -2.06. The van der Waals surface area contributed by atoms with E-state index in [1.54, 1.807) is 6.26 Å². The second kappa shape index (κ2) is 5.83. The fourth-order valence-corrected chi connectivity index (χ4v) is 2.93. The average molecular weight is 296 g/mol. The molecule has 106 valence electrons. The summed E-state index contributed by atoms with van der Waals surface area (Å²) in [7, 11) is 0.697. The summed E-state index contributed by atoms with van der Waals surface area (Å²) in [5, 5.41) is 1.85. The molecule has 0 N–H and O–H groups in total. The van der Waals surface area contributed by atoms with Gasteiger partial charge in [0.15, 0.2) is 5.43 Å². The van der Waals surface area contributed by atoms with Crippen LogP contribution in [-0.4, -0.2) is 6.66 Å². The second-order valence-electron chi connectivity index (χ2n) is 4.99. The van der Waals surface area contributed by atoms with Crippen molar-refractivity contribution in [2.24, 2.45) is 0 Å². The van der Waals surface area contributed by atoms with Crippen molar-refractivity contribution in [1.82, 2.24) is 0 Å². The van der Waals surface area contributed by atoms with Crippen LogP contribution < -0.4 is 10.7 Å². The van der Waals surface area contributed by atoms with Crippen LogP contribution in [0, 0.1) is 0 Å². The Morgan fingerprint density at radius 3 is 2.52 bits per heavy atom. The van der Waals surface area contributed by atoms with Gasteiger partial charge < -0.3 is 4.42 Å². The van der Waals surface area contributed by atoms with E-state index in [0.717, 1.165) is 12.0 Å². The molecular weight excluding hydrogens is 279 g/mol. The fraction of sp³-hybridized carbons (Fsp3) is 0.167. The molecule has 1 heterocycles. The maximum Gasteiger partial charge on any atom is 0.200 e. The van der Waals surface area contributed by atoms with Gasteiger partial charge in [0.25, 0.3) is 0 Å². The molecule has 1 unspecified atom stereocenters. The molecular formula is C18H17O2P. The van der Waals surface area contributed by atoms with Crippen molar-refractivity contribution >= 4 is 24.9 Å². The summed E-state index contributed by atoms with van der Waals surface area (Å²) in [6, 6.07) is 13.9. The Kier molecular flexibility index (Phi) is 3.90. The first kappa shape index (κ1) is 14.0. The summed E-state index contributed by atoms with van der Waals surface area (Å²) in [5.41, 5.74) is 3.49. The molecule has 0 saturated carbocycles. The van der Waals surface area contributed by atoms with Gasteiger partial charge in [0.2, 0.25) is 0 Å². The summed E-state index contributed by atoms with van der Waals surface area (Å²) in [4.78, 5) is 12.6. The van der Waals surface area contributed by atoms with Crippen LogP contribution in [0.15, 0.2) is 57.9 Å². The van der Waals surface area contributed by atoms with Gasteiger partial charge in [0, 0.05) is 0 Å². The highest BCUT2D eigenvalue weighted by Crippen LogP contribution is 2.21. The molecule has 0 aliphatic rings. The summed E-state index contributed by atoms with van der Waals surface area (Å²) >= 11 is 0. The number of fused-ring (bicyclic) bond motifs is 1. The monoisotopic (exact) mass is 296 g/mol. The maximum absolute atomic E-state index is 12.6. The summed E-state index contributed by atoms with van der Waals surface area (Å²) < 4.78 is 5.68. The Morgan fingerprint density at radius 2 is 1.86 bits per heavy atom. The third-order valence-corrected chi connectivity index (χ3v) is 4.62. The molecule has 3 heteroatoms. The minimum Gasteiger partial charge on any atom is -0.463 e. The summed E-state index contributed by atoms with van der Waals surface area (Å²) in [5.74, 6) is 0. The molecule has 0 amide bonds. The lowest BCUT2D eigenvalue weighted by atomic mass is 10.0. The second-order valence-corrected chi connectivity index (χ2v) is 6.07. The number of hydrogen-bond donors (Lipinski definition) is 0. The maximum atomic E-state index is 12.6. The SMILES string of the molecule is CCc1ccc(-c2coc3cc(PC)ccc3c2=O)cc1. The van der Waals surface area contributed by atoms with Gasteiger partial charge in [-0.2, -0.15) is 0 Å². The van der Waals surface area contributed by atoms with E-state index in [-0.39, 0.29) is 5.43 Å². The lowest BCUT2D eigenvalue weighted by Gasteiger charge is -2.05. The van der Waals surface area contributed by atoms with Crippen LogP contribution in [0.1, 0.15) is 12.5 Å². The van der Waals surface area contributed by atoms with E-state index < -0.39 is 0 Å². The van der Waals surface area contributed by atoms with Crippen LogP contribution in [0.25, 0.3) is 22.1 Å². The molecule has 2 aromatic carbocycles. The quantitative estimate of drug-likeness (QED) is 0.685. The van der Waals surface area contributed by atoms with Crippen molar-refractivity contribution in [1.29, 1.82) is 0 Å². The van der Waals surface area contributed by atoms with Crippen molar-refractivity contribution in [3.63, 3.8) is 0 Å². The van der Waals surface area contributed by atoms with Gasteiger partial charge in [0.1, 0.15) is 11.8 Å². The van der Waals surface area contributed by atoms with Crippen LogP contribution in [0.4, 0.5) is 0 Å². The van der Waals surface area contributed by atoms with Crippen molar-refractivity contribution in [2.75, 3.05) is 6.66 Å². The highest BCUT2D eigenvalue weighted by Gasteiger charge is 2.09. The third-order valence-electron chi connectivity index (χ3n) is 3.74. The molecule has 0 bridgehead atoms. The Labute approximate surface area is 125 Å². The van der Waals surface area contributed by atoms with E-state index in [4.69, 9.17) is 4.42 Å². The van der Waals surface area contributed by atoms with Gasteiger partial charge in [-0.25, -0.2) is 0 Å². The predicted octanol–water partition coefficient (Wildman–Crippen LogP) is 3.96. The molecule has 0 fully saturated rings. The molecule has 0 radical (unpaired) electrons. The van der Waals surface area contributed by atoms with E-state index in [9.17, 15) is 4.79 Å². The topological polar surface area (TPSA) is 30.2 Å². The van der Waals surface area contributed by atoms with E-state index in [1.807, 2.05) is 30.3 Å². The van der Waals surface area contributed by atoms with E-state index in [1.165, 1.54) is 10.9 Å². The van der Waals surface area contributed by atoms with Crippen molar-refractivity contribution in [3.05, 3.63) is 64.5 Å². The molecule has 0 aliphatic heterocycles. The zero-order valence-electron chi connectivity index (χ0n) is 12.1. The molecule has 0 spiro atoms. The Morgan fingerprint density at radius 1 is 1.10 bits per heavy atom. The largest absolute Gasteiger partial charge is 0.463 e. The normalized spacial score (nSPS) is 11.5. The van der Waals surface area contributed by atoms with Crippen LogP contribution in [-0.2, 0) is 6.42 Å². The third kappa shape index (κ3) is 2.64. The zero-order valence-corrected chi connectivity index (χ0v) is 13.1. The average Bonchev–Trinajstić information content (AvgIpc) is 2.55. The lowest BCUT2D eigenvalue weighted by molar-refractivity contribution is 0.605. The molecule has 1 atom stereocenters. The zero-order chi connectivity index (χ0) is 14.8. The van der Waals surface area contributed by atoms with Gasteiger partial charge >= 0.3 is 0 Å². The standard InChI is InChI=1S/C18H17O2P/c1-3-12-4-6-13(7-5-12)16-11-20-17-10-14(21-2)8-9-15(17)18(16)19/h4-11,21H,3H2,1-2H3. The van der Waals surface area contributed by atoms with Gasteiger partial charge in [-0.15, -0.1) is 0 Å². The minimum atomic E-state index is 0.0338. The van der Waals surface area contributed by atoms with Crippen LogP contribution >= 0.6 is 8.58 Å². The highest BCUT2D eigenvalue weighted by molar-refractivity contribution is 7.46. The van der Waals surface area contributed by atoms with Gasteiger partial charge in [-0.05, 0) is 41.6 Å². The van der Waals surface area contributed by atoms with Gasteiger partial charge in [-0.3, -0.25) is 4.79 Å². The van der Waals surface area contributed by atoms with Crippen LogP contribution in [0.5, 0.6) is 0 Å². The highest BCUT2D eigenvalue weighted by atomic mass is 31.1. The van der Waals surface area contributed by atoms with Crippen molar-refractivity contribution in [3.8, 4) is 11.1 Å². The van der Waals surface area contributed by atoms with Crippen LogP contribution in [0.3, 0.4) is 0 Å². The van der Waals surface area contributed by atoms with Gasteiger partial charge in [-0.1, -0.05) is 45.8 Å². The molecule has 0 saturated heterocycles. The number of hydrogen-bond acceptors (Lipinski definition) is 2. The Hall–Kier alpha value is -1.92. The fourth-order valence-electron chi connectivity index (χ4n) is 2.40. The summed E-state index contributed by atoms with van der Waals surface area (Å²) in [6.07, 6.45) is 2.57. The van der Waals surface area contributed by atoms with Crippen molar-refractivity contribution < 1.29 is 4.42 Å². The minimum absolute atomic E-state index is 0.0338. The summed E-state index contributed by atoms with van der Waals surface area (Å²) in [6.45, 7) is 4.23.